The monoisotopic (exact) mass is 333 g/mol. The maximum absolute atomic E-state index is 11.8. The van der Waals surface area contributed by atoms with E-state index in [0.717, 1.165) is 16.9 Å². The van der Waals surface area contributed by atoms with Crippen LogP contribution < -0.4 is 10.1 Å². The molecule has 0 aromatic heterocycles. The molecule has 23 heavy (non-hydrogen) atoms. The molecule has 0 saturated heterocycles. The quantitative estimate of drug-likeness (QED) is 0.634. The van der Waals surface area contributed by atoms with Crippen LogP contribution in [-0.4, -0.2) is 26.2 Å². The van der Waals surface area contributed by atoms with E-state index < -0.39 is 5.97 Å². The average Bonchev–Trinajstić information content (AvgIpc) is 2.54. The standard InChI is InChI=1S/C18H20ClNO3/c1-12-4-5-13(2)17(10-12)23-9-8-20-16-7-6-14(19)11-15(16)18(21)22-3/h4-7,10-11,20H,8-9H2,1-3H3. The first-order valence-electron chi connectivity index (χ1n) is 7.33. The minimum Gasteiger partial charge on any atom is -0.491 e. The summed E-state index contributed by atoms with van der Waals surface area (Å²) in [5, 5.41) is 3.66. The largest absolute Gasteiger partial charge is 0.491 e. The first kappa shape index (κ1) is 17.2. The third-order valence-corrected chi connectivity index (χ3v) is 3.64. The summed E-state index contributed by atoms with van der Waals surface area (Å²) in [5.74, 6) is 0.446. The second-order valence-corrected chi connectivity index (χ2v) is 5.66. The number of esters is 1. The summed E-state index contributed by atoms with van der Waals surface area (Å²) in [5.41, 5.74) is 3.33. The van der Waals surface area contributed by atoms with E-state index in [-0.39, 0.29) is 0 Å². The zero-order valence-electron chi connectivity index (χ0n) is 13.5. The van der Waals surface area contributed by atoms with E-state index >= 15 is 0 Å². The SMILES string of the molecule is COC(=O)c1cc(Cl)ccc1NCCOc1cc(C)ccc1C. The summed E-state index contributed by atoms with van der Waals surface area (Å²) in [7, 11) is 1.34. The van der Waals surface area contributed by atoms with Crippen molar-refractivity contribution in [3.8, 4) is 5.75 Å². The molecule has 0 fully saturated rings. The van der Waals surface area contributed by atoms with Crippen LogP contribution in [-0.2, 0) is 4.74 Å². The van der Waals surface area contributed by atoms with Crippen LogP contribution in [0.4, 0.5) is 5.69 Å². The maximum atomic E-state index is 11.8. The highest BCUT2D eigenvalue weighted by molar-refractivity contribution is 6.31. The second kappa shape index (κ2) is 7.88. The number of anilines is 1. The van der Waals surface area contributed by atoms with Gasteiger partial charge < -0.3 is 14.8 Å². The number of carbonyl (C=O) groups is 1. The molecule has 2 aromatic rings. The van der Waals surface area contributed by atoms with E-state index in [1.807, 2.05) is 26.0 Å². The van der Waals surface area contributed by atoms with Gasteiger partial charge in [-0.15, -0.1) is 0 Å². The van der Waals surface area contributed by atoms with Gasteiger partial charge in [-0.2, -0.15) is 0 Å². The highest BCUT2D eigenvalue weighted by Gasteiger charge is 2.12. The predicted octanol–water partition coefficient (Wildman–Crippen LogP) is 4.23. The van der Waals surface area contributed by atoms with E-state index in [9.17, 15) is 4.79 Å². The maximum Gasteiger partial charge on any atom is 0.340 e. The lowest BCUT2D eigenvalue weighted by Crippen LogP contribution is -2.14. The fourth-order valence-corrected chi connectivity index (χ4v) is 2.33. The number of hydrogen-bond acceptors (Lipinski definition) is 4. The molecule has 0 radical (unpaired) electrons. The zero-order valence-corrected chi connectivity index (χ0v) is 14.2. The van der Waals surface area contributed by atoms with Gasteiger partial charge in [0.1, 0.15) is 12.4 Å². The van der Waals surface area contributed by atoms with Gasteiger partial charge in [0.15, 0.2) is 0 Å². The molecule has 122 valence electrons. The fourth-order valence-electron chi connectivity index (χ4n) is 2.16. The number of methoxy groups -OCH3 is 1. The van der Waals surface area contributed by atoms with Crippen LogP contribution in [0.2, 0.25) is 5.02 Å². The van der Waals surface area contributed by atoms with Gasteiger partial charge in [-0.1, -0.05) is 23.7 Å². The fraction of sp³-hybridized carbons (Fsp3) is 0.278. The first-order valence-corrected chi connectivity index (χ1v) is 7.71. The molecule has 0 atom stereocenters. The molecule has 0 aliphatic heterocycles. The van der Waals surface area contributed by atoms with Crippen LogP contribution in [0.3, 0.4) is 0 Å². The molecule has 2 rings (SSSR count). The number of nitrogens with one attached hydrogen (secondary N) is 1. The minimum absolute atomic E-state index is 0.409. The molecule has 5 heteroatoms. The highest BCUT2D eigenvalue weighted by Crippen LogP contribution is 2.22. The molecule has 0 heterocycles. The van der Waals surface area contributed by atoms with Crippen LogP contribution >= 0.6 is 11.6 Å². The minimum atomic E-state index is -0.426. The molecular formula is C18H20ClNO3. The average molecular weight is 334 g/mol. The summed E-state index contributed by atoms with van der Waals surface area (Å²) >= 11 is 5.93. The van der Waals surface area contributed by atoms with Crippen molar-refractivity contribution in [2.75, 3.05) is 25.6 Å². The summed E-state index contributed by atoms with van der Waals surface area (Å²) in [6.45, 7) is 5.07. The Kier molecular flexibility index (Phi) is 5.88. The number of aryl methyl sites for hydroxylation is 2. The molecule has 0 bridgehead atoms. The van der Waals surface area contributed by atoms with Crippen LogP contribution in [0.5, 0.6) is 5.75 Å². The van der Waals surface area contributed by atoms with Gasteiger partial charge in [0.05, 0.1) is 12.7 Å². The summed E-state index contributed by atoms with van der Waals surface area (Å²) in [6, 6.07) is 11.2. The van der Waals surface area contributed by atoms with Crippen molar-refractivity contribution in [2.24, 2.45) is 0 Å². The predicted molar refractivity (Wildman–Crippen MR) is 92.7 cm³/mol. The van der Waals surface area contributed by atoms with E-state index in [2.05, 4.69) is 11.4 Å². The molecular weight excluding hydrogens is 314 g/mol. The van der Waals surface area contributed by atoms with Crippen molar-refractivity contribution in [1.82, 2.24) is 0 Å². The lowest BCUT2D eigenvalue weighted by molar-refractivity contribution is 0.0602. The van der Waals surface area contributed by atoms with E-state index in [1.165, 1.54) is 7.11 Å². The normalized spacial score (nSPS) is 10.3. The molecule has 1 N–H and O–H groups in total. The molecule has 0 spiro atoms. The first-order chi connectivity index (χ1) is 11.0. The van der Waals surface area contributed by atoms with Crippen molar-refractivity contribution >= 4 is 23.3 Å². The molecule has 0 unspecified atom stereocenters. The summed E-state index contributed by atoms with van der Waals surface area (Å²) in [4.78, 5) is 11.8. The summed E-state index contributed by atoms with van der Waals surface area (Å²) in [6.07, 6.45) is 0. The van der Waals surface area contributed by atoms with Crippen molar-refractivity contribution in [3.63, 3.8) is 0 Å². The highest BCUT2D eigenvalue weighted by atomic mass is 35.5. The third kappa shape index (κ3) is 4.63. The van der Waals surface area contributed by atoms with Gasteiger partial charge in [-0.05, 0) is 49.2 Å². The van der Waals surface area contributed by atoms with Gasteiger partial charge >= 0.3 is 5.97 Å². The Morgan fingerprint density at radius 1 is 1.17 bits per heavy atom. The van der Waals surface area contributed by atoms with E-state index in [0.29, 0.717) is 29.4 Å². The van der Waals surface area contributed by atoms with Gasteiger partial charge in [0.25, 0.3) is 0 Å². The Morgan fingerprint density at radius 2 is 1.96 bits per heavy atom. The summed E-state index contributed by atoms with van der Waals surface area (Å²) < 4.78 is 10.6. The van der Waals surface area contributed by atoms with E-state index in [1.54, 1.807) is 18.2 Å². The Balaban J connectivity index is 1.96. The van der Waals surface area contributed by atoms with Crippen LogP contribution in [0.15, 0.2) is 36.4 Å². The van der Waals surface area contributed by atoms with E-state index in [4.69, 9.17) is 21.1 Å². The molecule has 2 aromatic carbocycles. The third-order valence-electron chi connectivity index (χ3n) is 3.41. The molecule has 0 saturated carbocycles. The second-order valence-electron chi connectivity index (χ2n) is 5.23. The Bertz CT molecular complexity index is 701. The number of carbonyl (C=O) groups excluding carboxylic acids is 1. The number of benzene rings is 2. The van der Waals surface area contributed by atoms with Crippen LogP contribution in [0, 0.1) is 13.8 Å². The van der Waals surface area contributed by atoms with Gasteiger partial charge in [-0.3, -0.25) is 0 Å². The molecule has 0 amide bonds. The van der Waals surface area contributed by atoms with Crippen molar-refractivity contribution in [3.05, 3.63) is 58.1 Å². The Hall–Kier alpha value is -2.20. The number of halogens is 1. The Labute approximate surface area is 141 Å². The topological polar surface area (TPSA) is 47.6 Å². The smallest absolute Gasteiger partial charge is 0.340 e. The van der Waals surface area contributed by atoms with Gasteiger partial charge in [0.2, 0.25) is 0 Å². The lowest BCUT2D eigenvalue weighted by atomic mass is 10.1. The number of hydrogen-bond donors (Lipinski definition) is 1. The van der Waals surface area contributed by atoms with Crippen molar-refractivity contribution in [1.29, 1.82) is 0 Å². The lowest BCUT2D eigenvalue weighted by Gasteiger charge is -2.13. The molecule has 4 nitrogen and oxygen atoms in total. The molecule has 0 aliphatic rings. The Morgan fingerprint density at radius 3 is 2.70 bits per heavy atom. The van der Waals surface area contributed by atoms with Gasteiger partial charge in [-0.25, -0.2) is 4.79 Å². The number of rotatable bonds is 6. The van der Waals surface area contributed by atoms with Crippen LogP contribution in [0.1, 0.15) is 21.5 Å². The number of ether oxygens (including phenoxy) is 2. The van der Waals surface area contributed by atoms with Gasteiger partial charge in [0, 0.05) is 17.3 Å². The van der Waals surface area contributed by atoms with Crippen molar-refractivity contribution in [2.45, 2.75) is 13.8 Å². The van der Waals surface area contributed by atoms with Crippen molar-refractivity contribution < 1.29 is 14.3 Å². The van der Waals surface area contributed by atoms with Crippen LogP contribution in [0.25, 0.3) is 0 Å². The zero-order chi connectivity index (χ0) is 16.8. The molecule has 0 aliphatic carbocycles.